The third-order valence-corrected chi connectivity index (χ3v) is 4.78. The molecule has 1 heterocycles. The highest BCUT2D eigenvalue weighted by Gasteiger charge is 2.33. The van der Waals surface area contributed by atoms with Gasteiger partial charge in [0.15, 0.2) is 0 Å². The van der Waals surface area contributed by atoms with Crippen molar-refractivity contribution in [2.75, 3.05) is 0 Å². The summed E-state index contributed by atoms with van der Waals surface area (Å²) in [6, 6.07) is 0. The molecule has 3 atom stereocenters. The van der Waals surface area contributed by atoms with Crippen molar-refractivity contribution in [1.29, 1.82) is 0 Å². The fraction of sp³-hybridized carbons (Fsp3) is 0.429. The average molecular weight is 218 g/mol. The fourth-order valence-electron chi connectivity index (χ4n) is 2.46. The number of hydrogen-bond donors (Lipinski definition) is 0. The quantitative estimate of drug-likeness (QED) is 0.583. The number of fused-ring (bicyclic) bond motifs is 1. The van der Waals surface area contributed by atoms with Gasteiger partial charge in [-0.3, -0.25) is 0 Å². The molecule has 0 bridgehead atoms. The van der Waals surface area contributed by atoms with Crippen LogP contribution in [0.25, 0.3) is 0 Å². The van der Waals surface area contributed by atoms with E-state index in [1.807, 2.05) is 11.8 Å². The van der Waals surface area contributed by atoms with Crippen molar-refractivity contribution in [2.24, 2.45) is 11.8 Å². The van der Waals surface area contributed by atoms with Gasteiger partial charge >= 0.3 is 0 Å². The third kappa shape index (κ3) is 1.85. The molecule has 0 aromatic heterocycles. The molecule has 0 aromatic rings. The normalized spacial score (nSPS) is 39.8. The van der Waals surface area contributed by atoms with Crippen LogP contribution in [-0.4, -0.2) is 5.25 Å². The van der Waals surface area contributed by atoms with Gasteiger partial charge in [0.25, 0.3) is 0 Å². The van der Waals surface area contributed by atoms with Crippen molar-refractivity contribution in [3.8, 4) is 0 Å². The monoisotopic (exact) mass is 218 g/mol. The Kier molecular flexibility index (Phi) is 3.20. The van der Waals surface area contributed by atoms with E-state index in [1.165, 1.54) is 10.5 Å². The Bertz CT molecular complexity index is 358. The van der Waals surface area contributed by atoms with Crippen LogP contribution in [0.1, 0.15) is 20.8 Å². The van der Waals surface area contributed by atoms with Crippen LogP contribution in [0.15, 0.2) is 46.9 Å². The smallest absolute Gasteiger partial charge is 0.0346 e. The second-order valence-corrected chi connectivity index (χ2v) is 5.34. The highest BCUT2D eigenvalue weighted by Crippen LogP contribution is 2.47. The Hall–Kier alpha value is -0.690. The van der Waals surface area contributed by atoms with Crippen LogP contribution in [0.4, 0.5) is 0 Å². The largest absolute Gasteiger partial charge is 0.118 e. The maximum absolute atomic E-state index is 2.36. The summed E-state index contributed by atoms with van der Waals surface area (Å²) in [5.41, 5.74) is 1.52. The van der Waals surface area contributed by atoms with Crippen LogP contribution in [0.2, 0.25) is 0 Å². The highest BCUT2D eigenvalue weighted by atomic mass is 32.2. The van der Waals surface area contributed by atoms with E-state index in [2.05, 4.69) is 57.2 Å². The molecule has 0 saturated carbocycles. The summed E-state index contributed by atoms with van der Waals surface area (Å²) in [4.78, 5) is 1.46. The molecule has 1 heteroatoms. The molecular formula is C14H18S. The molecule has 0 nitrogen and oxygen atoms in total. The molecule has 1 fully saturated rings. The number of hydrogen-bond acceptors (Lipinski definition) is 1. The van der Waals surface area contributed by atoms with Gasteiger partial charge in [0, 0.05) is 10.2 Å². The second kappa shape index (κ2) is 4.44. The van der Waals surface area contributed by atoms with E-state index < -0.39 is 0 Å². The Balaban J connectivity index is 2.34. The molecule has 2 rings (SSSR count). The summed E-state index contributed by atoms with van der Waals surface area (Å²) in [6.45, 7) is 6.64. The summed E-state index contributed by atoms with van der Waals surface area (Å²) in [7, 11) is 0. The molecule has 0 aromatic carbocycles. The SMILES string of the molecule is C/C=C1\C(=C/C)SC2C=CC=CC2C1C. The standard InChI is InChI=1S/C14H18S/c1-4-11-10(3)12-8-6-7-9-14(12)15-13(11)5-2/h4-10,12,14H,1-3H3/b11-4-,13-5+. The minimum Gasteiger partial charge on any atom is -0.118 e. The first-order chi connectivity index (χ1) is 7.27. The van der Waals surface area contributed by atoms with Gasteiger partial charge in [-0.25, -0.2) is 0 Å². The summed E-state index contributed by atoms with van der Waals surface area (Å²) in [5.74, 6) is 1.32. The molecule has 2 aliphatic rings. The van der Waals surface area contributed by atoms with Crippen molar-refractivity contribution < 1.29 is 0 Å². The summed E-state index contributed by atoms with van der Waals surface area (Å²) >= 11 is 2.01. The minimum atomic E-state index is 0.639. The third-order valence-electron chi connectivity index (χ3n) is 3.31. The lowest BCUT2D eigenvalue weighted by Crippen LogP contribution is -2.28. The van der Waals surface area contributed by atoms with Crippen LogP contribution >= 0.6 is 11.8 Å². The molecule has 0 amide bonds. The van der Waals surface area contributed by atoms with Gasteiger partial charge < -0.3 is 0 Å². The van der Waals surface area contributed by atoms with E-state index in [0.717, 1.165) is 0 Å². The van der Waals surface area contributed by atoms with E-state index >= 15 is 0 Å². The number of thioether (sulfide) groups is 1. The lowest BCUT2D eigenvalue weighted by molar-refractivity contribution is 0.498. The molecule has 80 valence electrons. The van der Waals surface area contributed by atoms with Crippen LogP contribution in [0.3, 0.4) is 0 Å². The molecule has 1 aliphatic carbocycles. The van der Waals surface area contributed by atoms with Crippen molar-refractivity contribution in [2.45, 2.75) is 26.0 Å². The molecular weight excluding hydrogens is 200 g/mol. The maximum atomic E-state index is 2.36. The Morgan fingerprint density at radius 2 is 1.87 bits per heavy atom. The average Bonchev–Trinajstić information content (AvgIpc) is 2.29. The summed E-state index contributed by atoms with van der Waals surface area (Å²) in [5, 5.41) is 0.639. The first-order valence-corrected chi connectivity index (χ1v) is 6.50. The Morgan fingerprint density at radius 1 is 1.13 bits per heavy atom. The zero-order valence-corrected chi connectivity index (χ0v) is 10.4. The number of rotatable bonds is 0. The van der Waals surface area contributed by atoms with Crippen LogP contribution in [0.5, 0.6) is 0 Å². The van der Waals surface area contributed by atoms with Gasteiger partial charge in [-0.2, -0.15) is 0 Å². The predicted molar refractivity (Wildman–Crippen MR) is 69.8 cm³/mol. The van der Waals surface area contributed by atoms with E-state index in [-0.39, 0.29) is 0 Å². The molecule has 0 N–H and O–H groups in total. The maximum Gasteiger partial charge on any atom is 0.0346 e. The Morgan fingerprint density at radius 3 is 2.53 bits per heavy atom. The molecule has 15 heavy (non-hydrogen) atoms. The van der Waals surface area contributed by atoms with Gasteiger partial charge in [-0.15, -0.1) is 11.8 Å². The number of allylic oxidation sites excluding steroid dienone is 6. The van der Waals surface area contributed by atoms with Gasteiger partial charge in [0.2, 0.25) is 0 Å². The molecule has 3 unspecified atom stereocenters. The van der Waals surface area contributed by atoms with E-state index in [0.29, 0.717) is 17.1 Å². The van der Waals surface area contributed by atoms with Crippen molar-refractivity contribution >= 4 is 11.8 Å². The molecule has 1 aliphatic heterocycles. The topological polar surface area (TPSA) is 0 Å². The summed E-state index contributed by atoms with van der Waals surface area (Å²) < 4.78 is 0. The zero-order valence-electron chi connectivity index (χ0n) is 9.60. The van der Waals surface area contributed by atoms with Crippen molar-refractivity contribution in [1.82, 2.24) is 0 Å². The summed E-state index contributed by atoms with van der Waals surface area (Å²) in [6.07, 6.45) is 13.6. The zero-order chi connectivity index (χ0) is 10.8. The minimum absolute atomic E-state index is 0.639. The van der Waals surface area contributed by atoms with E-state index in [1.54, 1.807) is 0 Å². The lowest BCUT2D eigenvalue weighted by Gasteiger charge is -2.37. The van der Waals surface area contributed by atoms with Crippen LogP contribution in [-0.2, 0) is 0 Å². The second-order valence-electron chi connectivity index (χ2n) is 4.12. The first kappa shape index (κ1) is 10.8. The van der Waals surface area contributed by atoms with Crippen LogP contribution in [0, 0.1) is 11.8 Å². The molecule has 0 spiro atoms. The molecule has 0 radical (unpaired) electrons. The fourth-order valence-corrected chi connectivity index (χ4v) is 3.98. The van der Waals surface area contributed by atoms with Gasteiger partial charge in [-0.1, -0.05) is 43.4 Å². The lowest BCUT2D eigenvalue weighted by atomic mass is 9.82. The highest BCUT2D eigenvalue weighted by molar-refractivity contribution is 8.04. The Labute approximate surface area is 96.8 Å². The van der Waals surface area contributed by atoms with E-state index in [9.17, 15) is 0 Å². The van der Waals surface area contributed by atoms with Crippen LogP contribution < -0.4 is 0 Å². The van der Waals surface area contributed by atoms with Gasteiger partial charge in [-0.05, 0) is 31.3 Å². The first-order valence-electron chi connectivity index (χ1n) is 5.62. The van der Waals surface area contributed by atoms with Gasteiger partial charge in [0.05, 0.1) is 0 Å². The van der Waals surface area contributed by atoms with Crippen molar-refractivity contribution in [3.63, 3.8) is 0 Å². The van der Waals surface area contributed by atoms with E-state index in [4.69, 9.17) is 0 Å². The van der Waals surface area contributed by atoms with Crippen molar-refractivity contribution in [3.05, 3.63) is 46.9 Å². The molecule has 1 saturated heterocycles. The predicted octanol–water partition coefficient (Wildman–Crippen LogP) is 4.33. The van der Waals surface area contributed by atoms with Gasteiger partial charge in [0.1, 0.15) is 0 Å².